The zero-order chi connectivity index (χ0) is 24.5. The van der Waals surface area contributed by atoms with Crippen LogP contribution in [0.1, 0.15) is 29.2 Å². The van der Waals surface area contributed by atoms with E-state index >= 15 is 0 Å². The summed E-state index contributed by atoms with van der Waals surface area (Å²) in [6.45, 7) is 0. The lowest BCUT2D eigenvalue weighted by molar-refractivity contribution is 0.102. The van der Waals surface area contributed by atoms with Gasteiger partial charge in [-0.05, 0) is 43.2 Å². The van der Waals surface area contributed by atoms with Gasteiger partial charge in [0.15, 0.2) is 5.75 Å². The third-order valence-electron chi connectivity index (χ3n) is 5.31. The van der Waals surface area contributed by atoms with Crippen molar-refractivity contribution in [2.45, 2.75) is 18.9 Å². The lowest BCUT2D eigenvalue weighted by atomic mass is 10.1. The first-order valence-corrected chi connectivity index (χ1v) is 11.0. The summed E-state index contributed by atoms with van der Waals surface area (Å²) in [6.07, 6.45) is 6.08. The van der Waals surface area contributed by atoms with Gasteiger partial charge in [-0.25, -0.2) is 14.4 Å². The van der Waals surface area contributed by atoms with E-state index in [9.17, 15) is 14.0 Å². The highest BCUT2D eigenvalue weighted by Gasteiger charge is 2.27. The van der Waals surface area contributed by atoms with Crippen LogP contribution in [0.3, 0.4) is 0 Å². The highest BCUT2D eigenvalue weighted by molar-refractivity contribution is 6.34. The Morgan fingerprint density at radius 3 is 2.60 bits per heavy atom. The average Bonchev–Trinajstić information content (AvgIpc) is 3.70. The SMILES string of the molecule is Nc1nccc(Oc2ccc(NC(=O)c3cn(C4CC4)nc(-c4ccc(F)cc4)c3=O)cn2)c1Cl. The highest BCUT2D eigenvalue weighted by Crippen LogP contribution is 2.34. The molecule has 176 valence electrons. The van der Waals surface area contributed by atoms with Crippen molar-refractivity contribution in [3.05, 3.63) is 87.7 Å². The molecule has 1 saturated carbocycles. The number of hydrogen-bond acceptors (Lipinski definition) is 7. The second-order valence-corrected chi connectivity index (χ2v) is 8.27. The molecule has 0 unspecified atom stereocenters. The Hall–Kier alpha value is -4.31. The predicted molar refractivity (Wildman–Crippen MR) is 128 cm³/mol. The van der Waals surface area contributed by atoms with Gasteiger partial charge in [0.1, 0.15) is 27.9 Å². The fourth-order valence-corrected chi connectivity index (χ4v) is 3.49. The summed E-state index contributed by atoms with van der Waals surface area (Å²) in [6, 6.07) is 10.2. The van der Waals surface area contributed by atoms with Crippen LogP contribution in [0, 0.1) is 5.82 Å². The smallest absolute Gasteiger partial charge is 0.261 e. The Kier molecular flexibility index (Phi) is 5.87. The van der Waals surface area contributed by atoms with Gasteiger partial charge in [0, 0.05) is 30.1 Å². The molecule has 9 nitrogen and oxygen atoms in total. The second-order valence-electron chi connectivity index (χ2n) is 7.89. The van der Waals surface area contributed by atoms with Gasteiger partial charge in [-0.1, -0.05) is 11.6 Å². The van der Waals surface area contributed by atoms with E-state index in [1.165, 1.54) is 48.9 Å². The van der Waals surface area contributed by atoms with E-state index in [2.05, 4.69) is 20.4 Å². The maximum Gasteiger partial charge on any atom is 0.261 e. The van der Waals surface area contributed by atoms with Crippen LogP contribution >= 0.6 is 11.6 Å². The van der Waals surface area contributed by atoms with Crippen molar-refractivity contribution in [3.63, 3.8) is 0 Å². The Labute approximate surface area is 203 Å². The Morgan fingerprint density at radius 1 is 1.14 bits per heavy atom. The molecule has 1 aromatic carbocycles. The van der Waals surface area contributed by atoms with Crippen molar-refractivity contribution in [1.29, 1.82) is 0 Å². The van der Waals surface area contributed by atoms with Crippen molar-refractivity contribution < 1.29 is 13.9 Å². The standard InChI is InChI=1S/C24H18ClFN6O3/c25-20-18(9-10-28-23(20)27)35-19-8-5-15(11-29-19)30-24(34)17-12-32(16-6-7-16)31-21(22(17)33)13-1-3-14(26)4-2-13/h1-5,8-12,16H,6-7H2,(H2,27,28)(H,30,34). The van der Waals surface area contributed by atoms with Gasteiger partial charge in [0.05, 0.1) is 17.9 Å². The number of aromatic nitrogens is 4. The summed E-state index contributed by atoms with van der Waals surface area (Å²) in [7, 11) is 0. The molecule has 1 aliphatic rings. The molecule has 4 aromatic rings. The Morgan fingerprint density at radius 2 is 1.91 bits per heavy atom. The van der Waals surface area contributed by atoms with E-state index in [-0.39, 0.29) is 39.8 Å². The van der Waals surface area contributed by atoms with Gasteiger partial charge in [0.25, 0.3) is 5.91 Å². The van der Waals surface area contributed by atoms with Crippen LogP contribution in [0.25, 0.3) is 11.3 Å². The summed E-state index contributed by atoms with van der Waals surface area (Å²) in [4.78, 5) is 34.1. The van der Waals surface area contributed by atoms with Gasteiger partial charge in [0.2, 0.25) is 11.3 Å². The molecule has 35 heavy (non-hydrogen) atoms. The molecule has 0 saturated heterocycles. The van der Waals surface area contributed by atoms with Gasteiger partial charge in [-0.15, -0.1) is 0 Å². The van der Waals surface area contributed by atoms with Crippen molar-refractivity contribution >= 4 is 29.0 Å². The number of carbonyl (C=O) groups is 1. The molecule has 1 aliphatic carbocycles. The number of amides is 1. The molecule has 1 amide bonds. The number of pyridine rings is 2. The molecule has 3 heterocycles. The number of rotatable bonds is 6. The number of carbonyl (C=O) groups excluding carboxylic acids is 1. The first kappa shape index (κ1) is 22.5. The average molecular weight is 493 g/mol. The van der Waals surface area contributed by atoms with Crippen LogP contribution < -0.4 is 21.2 Å². The summed E-state index contributed by atoms with van der Waals surface area (Å²) in [5.74, 6) is -0.416. The van der Waals surface area contributed by atoms with Gasteiger partial charge in [-0.3, -0.25) is 14.3 Å². The van der Waals surface area contributed by atoms with Crippen molar-refractivity contribution in [2.75, 3.05) is 11.1 Å². The molecule has 11 heteroatoms. The molecule has 0 atom stereocenters. The molecule has 3 aromatic heterocycles. The fourth-order valence-electron chi connectivity index (χ4n) is 3.34. The first-order valence-electron chi connectivity index (χ1n) is 10.6. The number of ether oxygens (including phenoxy) is 1. The van der Waals surface area contributed by atoms with E-state index in [0.717, 1.165) is 12.8 Å². The monoisotopic (exact) mass is 492 g/mol. The maximum absolute atomic E-state index is 13.4. The van der Waals surface area contributed by atoms with Crippen LogP contribution in [-0.4, -0.2) is 25.7 Å². The molecule has 0 spiro atoms. The minimum Gasteiger partial charge on any atom is -0.437 e. The van der Waals surface area contributed by atoms with Gasteiger partial charge < -0.3 is 15.8 Å². The first-order chi connectivity index (χ1) is 16.9. The van der Waals surface area contributed by atoms with Crippen LogP contribution in [0.5, 0.6) is 11.6 Å². The number of halogens is 2. The summed E-state index contributed by atoms with van der Waals surface area (Å²) < 4.78 is 20.6. The van der Waals surface area contributed by atoms with E-state index in [4.69, 9.17) is 22.1 Å². The molecular formula is C24H18ClFN6O3. The van der Waals surface area contributed by atoms with Crippen LogP contribution in [-0.2, 0) is 0 Å². The maximum atomic E-state index is 13.4. The Balaban J connectivity index is 1.39. The topological polar surface area (TPSA) is 125 Å². The lowest BCUT2D eigenvalue weighted by Crippen LogP contribution is -2.26. The summed E-state index contributed by atoms with van der Waals surface area (Å²) in [5.41, 5.74) is 5.90. The van der Waals surface area contributed by atoms with E-state index < -0.39 is 17.2 Å². The number of anilines is 2. The minimum atomic E-state index is -0.615. The molecule has 3 N–H and O–H groups in total. The zero-order valence-electron chi connectivity index (χ0n) is 18.1. The van der Waals surface area contributed by atoms with E-state index in [1.54, 1.807) is 16.8 Å². The third kappa shape index (κ3) is 4.82. The number of nitrogens with two attached hydrogens (primary N) is 1. The molecular weight excluding hydrogens is 475 g/mol. The van der Waals surface area contributed by atoms with Crippen molar-refractivity contribution in [2.24, 2.45) is 0 Å². The number of nitrogens with one attached hydrogen (secondary N) is 1. The predicted octanol–water partition coefficient (Wildman–Crippen LogP) is 4.45. The van der Waals surface area contributed by atoms with Crippen molar-refractivity contribution in [3.8, 4) is 22.9 Å². The summed E-state index contributed by atoms with van der Waals surface area (Å²) in [5, 5.41) is 7.23. The number of nitrogens with zero attached hydrogens (tertiary/aromatic N) is 4. The van der Waals surface area contributed by atoms with E-state index in [0.29, 0.717) is 11.3 Å². The molecule has 0 aliphatic heterocycles. The zero-order valence-corrected chi connectivity index (χ0v) is 18.9. The molecule has 0 radical (unpaired) electrons. The van der Waals surface area contributed by atoms with Crippen LogP contribution in [0.15, 0.2) is 65.8 Å². The fraction of sp³-hybridized carbons (Fsp3) is 0.125. The second kappa shape index (κ2) is 9.15. The highest BCUT2D eigenvalue weighted by atomic mass is 35.5. The van der Waals surface area contributed by atoms with Crippen molar-refractivity contribution in [1.82, 2.24) is 19.7 Å². The van der Waals surface area contributed by atoms with Gasteiger partial charge in [-0.2, -0.15) is 5.10 Å². The normalized spacial score (nSPS) is 12.9. The lowest BCUT2D eigenvalue weighted by Gasteiger charge is -2.11. The number of benzene rings is 1. The largest absolute Gasteiger partial charge is 0.437 e. The minimum absolute atomic E-state index is 0.0782. The van der Waals surface area contributed by atoms with Crippen LogP contribution in [0.4, 0.5) is 15.9 Å². The molecule has 0 bridgehead atoms. The van der Waals surface area contributed by atoms with Gasteiger partial charge >= 0.3 is 0 Å². The summed E-state index contributed by atoms with van der Waals surface area (Å²) >= 11 is 6.08. The quantitative estimate of drug-likeness (QED) is 0.407. The number of hydrogen-bond donors (Lipinski definition) is 2. The molecule has 5 rings (SSSR count). The van der Waals surface area contributed by atoms with Crippen LogP contribution in [0.2, 0.25) is 5.02 Å². The van der Waals surface area contributed by atoms with E-state index in [1.807, 2.05) is 0 Å². The number of nitrogen functional groups attached to an aromatic ring is 1. The molecule has 1 fully saturated rings. The Bertz CT molecular complexity index is 1470. The third-order valence-corrected chi connectivity index (χ3v) is 5.69.